The minimum Gasteiger partial charge on any atom is -0.481 e. The van der Waals surface area contributed by atoms with Gasteiger partial charge >= 0.3 is 5.97 Å². The van der Waals surface area contributed by atoms with Crippen molar-refractivity contribution in [3.63, 3.8) is 0 Å². The number of benzene rings is 1. The van der Waals surface area contributed by atoms with Crippen LogP contribution in [0.5, 0.6) is 0 Å². The maximum Gasteiger partial charge on any atom is 0.303 e. The van der Waals surface area contributed by atoms with E-state index in [0.717, 1.165) is 12.0 Å². The van der Waals surface area contributed by atoms with Crippen LogP contribution in [-0.2, 0) is 22.6 Å². The van der Waals surface area contributed by atoms with Crippen molar-refractivity contribution in [2.75, 3.05) is 6.61 Å². The van der Waals surface area contributed by atoms with Gasteiger partial charge in [0.15, 0.2) is 0 Å². The topological polar surface area (TPSA) is 46.5 Å². The van der Waals surface area contributed by atoms with Crippen molar-refractivity contribution in [3.05, 3.63) is 35.4 Å². The van der Waals surface area contributed by atoms with E-state index in [1.807, 2.05) is 0 Å². The highest BCUT2D eigenvalue weighted by atomic mass is 16.5. The first kappa shape index (κ1) is 12.7. The lowest BCUT2D eigenvalue weighted by molar-refractivity contribution is -0.137. The SMILES string of the molecule is CCc1ccc(COCCCC(=O)O)cc1. The normalized spacial score (nSPS) is 10.3. The predicted octanol–water partition coefficient (Wildman–Crippen LogP) is 2.63. The first-order chi connectivity index (χ1) is 7.72. The highest BCUT2D eigenvalue weighted by Gasteiger charge is 1.97. The Hall–Kier alpha value is -1.35. The molecule has 0 amide bonds. The molecule has 0 heterocycles. The van der Waals surface area contributed by atoms with E-state index in [1.54, 1.807) is 0 Å². The van der Waals surface area contributed by atoms with Gasteiger partial charge in [-0.25, -0.2) is 0 Å². The zero-order valence-electron chi connectivity index (χ0n) is 9.61. The van der Waals surface area contributed by atoms with E-state index in [9.17, 15) is 4.79 Å². The second-order valence-electron chi connectivity index (χ2n) is 3.72. The fourth-order valence-corrected chi connectivity index (χ4v) is 1.39. The van der Waals surface area contributed by atoms with E-state index >= 15 is 0 Å². The summed E-state index contributed by atoms with van der Waals surface area (Å²) in [5.41, 5.74) is 2.45. The van der Waals surface area contributed by atoms with Crippen molar-refractivity contribution >= 4 is 5.97 Å². The van der Waals surface area contributed by atoms with Crippen LogP contribution < -0.4 is 0 Å². The number of hydrogen-bond acceptors (Lipinski definition) is 2. The van der Waals surface area contributed by atoms with Crippen LogP contribution in [-0.4, -0.2) is 17.7 Å². The summed E-state index contributed by atoms with van der Waals surface area (Å²) in [5.74, 6) is -0.768. The summed E-state index contributed by atoms with van der Waals surface area (Å²) < 4.78 is 5.38. The number of hydrogen-bond donors (Lipinski definition) is 1. The summed E-state index contributed by atoms with van der Waals surface area (Å²) >= 11 is 0. The Labute approximate surface area is 96.1 Å². The van der Waals surface area contributed by atoms with Crippen LogP contribution in [0.3, 0.4) is 0 Å². The van der Waals surface area contributed by atoms with Gasteiger partial charge in [0, 0.05) is 13.0 Å². The molecule has 1 aromatic rings. The first-order valence-electron chi connectivity index (χ1n) is 5.59. The van der Waals surface area contributed by atoms with Crippen molar-refractivity contribution in [1.82, 2.24) is 0 Å². The molecule has 3 heteroatoms. The Kier molecular flexibility index (Phi) is 5.57. The average molecular weight is 222 g/mol. The summed E-state index contributed by atoms with van der Waals surface area (Å²) in [5, 5.41) is 8.43. The summed E-state index contributed by atoms with van der Waals surface area (Å²) in [6.07, 6.45) is 1.79. The fraction of sp³-hybridized carbons (Fsp3) is 0.462. The predicted molar refractivity (Wildman–Crippen MR) is 62.3 cm³/mol. The van der Waals surface area contributed by atoms with Gasteiger partial charge in [0.1, 0.15) is 0 Å². The minimum absolute atomic E-state index is 0.175. The third-order valence-corrected chi connectivity index (χ3v) is 2.38. The van der Waals surface area contributed by atoms with Gasteiger partial charge in [0.05, 0.1) is 6.61 Å². The summed E-state index contributed by atoms with van der Waals surface area (Å²) in [6, 6.07) is 8.29. The molecule has 1 rings (SSSR count). The number of ether oxygens (including phenoxy) is 1. The van der Waals surface area contributed by atoms with Crippen LogP contribution in [0.25, 0.3) is 0 Å². The van der Waals surface area contributed by atoms with Gasteiger partial charge in [-0.2, -0.15) is 0 Å². The van der Waals surface area contributed by atoms with Gasteiger partial charge in [-0.15, -0.1) is 0 Å². The van der Waals surface area contributed by atoms with Gasteiger partial charge in [0.25, 0.3) is 0 Å². The quantitative estimate of drug-likeness (QED) is 0.721. The van der Waals surface area contributed by atoms with E-state index in [1.165, 1.54) is 5.56 Å². The molecule has 0 fully saturated rings. The maximum absolute atomic E-state index is 10.2. The van der Waals surface area contributed by atoms with Crippen LogP contribution in [0.2, 0.25) is 0 Å². The van der Waals surface area contributed by atoms with Gasteiger partial charge in [-0.05, 0) is 24.0 Å². The zero-order chi connectivity index (χ0) is 11.8. The van der Waals surface area contributed by atoms with Crippen LogP contribution in [0.15, 0.2) is 24.3 Å². The molecule has 0 aromatic heterocycles. The third kappa shape index (κ3) is 4.94. The van der Waals surface area contributed by atoms with E-state index < -0.39 is 5.97 Å². The largest absolute Gasteiger partial charge is 0.481 e. The van der Waals surface area contributed by atoms with E-state index in [-0.39, 0.29) is 6.42 Å². The zero-order valence-corrected chi connectivity index (χ0v) is 9.61. The Morgan fingerprint density at radius 2 is 1.88 bits per heavy atom. The maximum atomic E-state index is 10.2. The lowest BCUT2D eigenvalue weighted by atomic mass is 10.1. The first-order valence-corrected chi connectivity index (χ1v) is 5.59. The second-order valence-corrected chi connectivity index (χ2v) is 3.72. The number of carbonyl (C=O) groups is 1. The molecule has 0 atom stereocenters. The van der Waals surface area contributed by atoms with E-state index in [4.69, 9.17) is 9.84 Å². The summed E-state index contributed by atoms with van der Waals surface area (Å²) in [6.45, 7) is 3.18. The van der Waals surface area contributed by atoms with Crippen molar-refractivity contribution in [3.8, 4) is 0 Å². The smallest absolute Gasteiger partial charge is 0.303 e. The molecule has 0 aliphatic rings. The van der Waals surface area contributed by atoms with Crippen LogP contribution in [0, 0.1) is 0 Å². The molecule has 0 unspecified atom stereocenters. The molecular formula is C13H18O3. The van der Waals surface area contributed by atoms with E-state index in [2.05, 4.69) is 31.2 Å². The molecule has 0 saturated heterocycles. The van der Waals surface area contributed by atoms with Crippen LogP contribution >= 0.6 is 0 Å². The molecule has 0 saturated carbocycles. The number of carboxylic acid groups (broad SMARTS) is 1. The monoisotopic (exact) mass is 222 g/mol. The van der Waals surface area contributed by atoms with Crippen molar-refractivity contribution in [2.45, 2.75) is 32.8 Å². The second kappa shape index (κ2) is 7.01. The highest BCUT2D eigenvalue weighted by Crippen LogP contribution is 2.06. The summed E-state index contributed by atoms with van der Waals surface area (Å²) in [4.78, 5) is 10.2. The van der Waals surface area contributed by atoms with Crippen molar-refractivity contribution in [2.24, 2.45) is 0 Å². The Bertz CT molecular complexity index is 316. The van der Waals surface area contributed by atoms with Crippen molar-refractivity contribution in [1.29, 1.82) is 0 Å². The fourth-order valence-electron chi connectivity index (χ4n) is 1.39. The van der Waals surface area contributed by atoms with E-state index in [0.29, 0.717) is 19.6 Å². The molecule has 0 aliphatic heterocycles. The lowest BCUT2D eigenvalue weighted by Gasteiger charge is -2.04. The van der Waals surface area contributed by atoms with Gasteiger partial charge in [-0.3, -0.25) is 4.79 Å². The number of rotatable bonds is 7. The number of carboxylic acids is 1. The molecule has 1 N–H and O–H groups in total. The molecular weight excluding hydrogens is 204 g/mol. The lowest BCUT2D eigenvalue weighted by Crippen LogP contribution is -2.00. The Morgan fingerprint density at radius 1 is 1.25 bits per heavy atom. The Balaban J connectivity index is 2.19. The summed E-state index contributed by atoms with van der Waals surface area (Å²) in [7, 11) is 0. The molecule has 0 bridgehead atoms. The molecule has 1 aromatic carbocycles. The van der Waals surface area contributed by atoms with Crippen LogP contribution in [0.1, 0.15) is 30.9 Å². The van der Waals surface area contributed by atoms with Crippen LogP contribution in [0.4, 0.5) is 0 Å². The average Bonchev–Trinajstić information content (AvgIpc) is 2.29. The standard InChI is InChI=1S/C13H18O3/c1-2-11-5-7-12(8-6-11)10-16-9-3-4-13(14)15/h5-8H,2-4,9-10H2,1H3,(H,14,15). The van der Waals surface area contributed by atoms with Gasteiger partial charge < -0.3 is 9.84 Å². The number of aryl methyl sites for hydroxylation is 1. The van der Waals surface area contributed by atoms with Crippen molar-refractivity contribution < 1.29 is 14.6 Å². The van der Waals surface area contributed by atoms with Gasteiger partial charge in [0.2, 0.25) is 0 Å². The highest BCUT2D eigenvalue weighted by molar-refractivity contribution is 5.66. The molecule has 16 heavy (non-hydrogen) atoms. The molecule has 88 valence electrons. The molecule has 0 radical (unpaired) electrons. The van der Waals surface area contributed by atoms with Gasteiger partial charge in [-0.1, -0.05) is 31.2 Å². The third-order valence-electron chi connectivity index (χ3n) is 2.38. The molecule has 3 nitrogen and oxygen atoms in total. The molecule has 0 aliphatic carbocycles. The minimum atomic E-state index is -0.768. The number of aliphatic carboxylic acids is 1. The Morgan fingerprint density at radius 3 is 2.44 bits per heavy atom. The molecule has 0 spiro atoms.